The van der Waals surface area contributed by atoms with Gasteiger partial charge in [0.15, 0.2) is 6.10 Å². The minimum atomic E-state index is -0.806. The fraction of sp³-hybridized carbons (Fsp3) is 0.480. The smallest absolute Gasteiger partial charge is 0.252 e. The third kappa shape index (κ3) is 5.64. The molecule has 2 aromatic rings. The molecule has 166 valence electrons. The van der Waals surface area contributed by atoms with Gasteiger partial charge in [-0.3, -0.25) is 9.69 Å². The fourth-order valence-electron chi connectivity index (χ4n) is 4.43. The molecule has 2 heterocycles. The van der Waals surface area contributed by atoms with Crippen LogP contribution in [0.3, 0.4) is 0 Å². The average Bonchev–Trinajstić information content (AvgIpc) is 2.82. The van der Waals surface area contributed by atoms with E-state index in [-0.39, 0.29) is 12.0 Å². The second kappa shape index (κ2) is 10.3. The topological polar surface area (TPSA) is 71.0 Å². The highest BCUT2D eigenvalue weighted by molar-refractivity contribution is 5.81. The Hall–Kier alpha value is -2.41. The zero-order valence-electron chi connectivity index (χ0n) is 18.1. The van der Waals surface area contributed by atoms with Crippen molar-refractivity contribution in [1.29, 1.82) is 0 Å². The molecule has 1 saturated heterocycles. The van der Waals surface area contributed by atoms with Crippen LogP contribution in [0.4, 0.5) is 0 Å². The van der Waals surface area contributed by atoms with Gasteiger partial charge < -0.3 is 19.9 Å². The van der Waals surface area contributed by atoms with E-state index in [4.69, 9.17) is 9.47 Å². The quantitative estimate of drug-likeness (QED) is 0.715. The van der Waals surface area contributed by atoms with Crippen LogP contribution in [0.1, 0.15) is 36.0 Å². The first-order valence-corrected chi connectivity index (χ1v) is 11.2. The van der Waals surface area contributed by atoms with Crippen LogP contribution in [-0.4, -0.2) is 54.4 Å². The lowest BCUT2D eigenvalue weighted by molar-refractivity contribution is -0.158. The molecule has 0 aliphatic carbocycles. The van der Waals surface area contributed by atoms with Crippen LogP contribution >= 0.6 is 0 Å². The van der Waals surface area contributed by atoms with Crippen LogP contribution < -0.4 is 10.1 Å². The first-order chi connectivity index (χ1) is 15.1. The number of hydrogen-bond donors (Lipinski definition) is 2. The maximum absolute atomic E-state index is 12.7. The molecular weight excluding hydrogens is 392 g/mol. The van der Waals surface area contributed by atoms with Gasteiger partial charge in [-0.15, -0.1) is 0 Å². The number of methoxy groups -OCH3 is 1. The lowest BCUT2D eigenvalue weighted by atomic mass is 9.97. The number of ether oxygens (including phenoxy) is 2. The van der Waals surface area contributed by atoms with Crippen LogP contribution in [0, 0.1) is 0 Å². The van der Waals surface area contributed by atoms with Gasteiger partial charge in [0.05, 0.1) is 19.3 Å². The summed E-state index contributed by atoms with van der Waals surface area (Å²) in [5.74, 6) is 0.529. The molecule has 0 bridgehead atoms. The molecule has 3 unspecified atom stereocenters. The van der Waals surface area contributed by atoms with Crippen molar-refractivity contribution in [3.63, 3.8) is 0 Å². The van der Waals surface area contributed by atoms with E-state index in [9.17, 15) is 9.90 Å². The SMILES string of the molecule is COc1ccc(CNC(=O)C2OC(CCN3CCc4ccccc4C3)CCC2O)cc1. The van der Waals surface area contributed by atoms with E-state index in [0.717, 1.165) is 50.2 Å². The van der Waals surface area contributed by atoms with Gasteiger partial charge in [0, 0.05) is 26.2 Å². The molecule has 1 fully saturated rings. The molecule has 1 amide bonds. The highest BCUT2D eigenvalue weighted by Gasteiger charge is 2.35. The van der Waals surface area contributed by atoms with Gasteiger partial charge in [-0.2, -0.15) is 0 Å². The third-order valence-electron chi connectivity index (χ3n) is 6.33. The first kappa shape index (κ1) is 21.8. The van der Waals surface area contributed by atoms with Crippen molar-refractivity contribution < 1.29 is 19.4 Å². The molecule has 2 aliphatic heterocycles. The highest BCUT2D eigenvalue weighted by Crippen LogP contribution is 2.24. The molecule has 2 N–H and O–H groups in total. The summed E-state index contributed by atoms with van der Waals surface area (Å²) in [6.45, 7) is 3.36. The van der Waals surface area contributed by atoms with Crippen molar-refractivity contribution in [3.05, 3.63) is 65.2 Å². The van der Waals surface area contributed by atoms with Gasteiger partial charge in [0.1, 0.15) is 5.75 Å². The number of carbonyl (C=O) groups is 1. The number of aliphatic hydroxyl groups excluding tert-OH is 1. The summed E-state index contributed by atoms with van der Waals surface area (Å²) in [7, 11) is 1.62. The fourth-order valence-corrected chi connectivity index (χ4v) is 4.43. The van der Waals surface area contributed by atoms with Crippen LogP contribution in [0.5, 0.6) is 5.75 Å². The number of aliphatic hydroxyl groups is 1. The molecule has 2 aliphatic rings. The summed E-state index contributed by atoms with van der Waals surface area (Å²) in [5.41, 5.74) is 3.83. The monoisotopic (exact) mass is 424 g/mol. The van der Waals surface area contributed by atoms with Gasteiger partial charge in [0.2, 0.25) is 0 Å². The molecule has 0 spiro atoms. The van der Waals surface area contributed by atoms with Crippen molar-refractivity contribution in [3.8, 4) is 5.75 Å². The van der Waals surface area contributed by atoms with Crippen LogP contribution in [-0.2, 0) is 29.0 Å². The number of amides is 1. The van der Waals surface area contributed by atoms with Crippen molar-refractivity contribution in [2.24, 2.45) is 0 Å². The van der Waals surface area contributed by atoms with E-state index in [1.54, 1.807) is 7.11 Å². The molecular formula is C25H32N2O4. The Morgan fingerprint density at radius 1 is 1.16 bits per heavy atom. The van der Waals surface area contributed by atoms with Gasteiger partial charge in [-0.05, 0) is 54.5 Å². The molecule has 6 nitrogen and oxygen atoms in total. The average molecular weight is 425 g/mol. The molecule has 0 aromatic heterocycles. The van der Waals surface area contributed by atoms with Gasteiger partial charge in [0.25, 0.3) is 5.91 Å². The molecule has 31 heavy (non-hydrogen) atoms. The van der Waals surface area contributed by atoms with Gasteiger partial charge >= 0.3 is 0 Å². The lowest BCUT2D eigenvalue weighted by Gasteiger charge is -2.35. The van der Waals surface area contributed by atoms with Gasteiger partial charge in [-0.1, -0.05) is 36.4 Å². The van der Waals surface area contributed by atoms with Crippen LogP contribution in [0.25, 0.3) is 0 Å². The number of carbonyl (C=O) groups excluding carboxylic acids is 1. The number of hydrogen-bond acceptors (Lipinski definition) is 5. The van der Waals surface area contributed by atoms with E-state index >= 15 is 0 Å². The summed E-state index contributed by atoms with van der Waals surface area (Å²) in [4.78, 5) is 15.1. The van der Waals surface area contributed by atoms with Crippen LogP contribution in [0.15, 0.2) is 48.5 Å². The van der Waals surface area contributed by atoms with Gasteiger partial charge in [-0.25, -0.2) is 0 Å². The molecule has 2 aromatic carbocycles. The molecule has 6 heteroatoms. The van der Waals surface area contributed by atoms with Crippen LogP contribution in [0.2, 0.25) is 0 Å². The summed E-state index contributed by atoms with van der Waals surface area (Å²) in [5, 5.41) is 13.2. The second-order valence-corrected chi connectivity index (χ2v) is 8.47. The largest absolute Gasteiger partial charge is 0.497 e. The predicted octanol–water partition coefficient (Wildman–Crippen LogP) is 2.67. The summed E-state index contributed by atoms with van der Waals surface area (Å²) in [6, 6.07) is 16.2. The Morgan fingerprint density at radius 3 is 2.71 bits per heavy atom. The van der Waals surface area contributed by atoms with E-state index in [2.05, 4.69) is 34.5 Å². The van der Waals surface area contributed by atoms with E-state index in [0.29, 0.717) is 13.0 Å². The number of benzene rings is 2. The molecule has 0 saturated carbocycles. The summed E-state index contributed by atoms with van der Waals surface area (Å²) >= 11 is 0. The number of nitrogens with one attached hydrogen (secondary N) is 1. The summed E-state index contributed by atoms with van der Waals surface area (Å²) < 4.78 is 11.2. The Bertz CT molecular complexity index is 870. The molecule has 4 rings (SSSR count). The zero-order chi connectivity index (χ0) is 21.6. The first-order valence-electron chi connectivity index (χ1n) is 11.2. The molecule has 3 atom stereocenters. The summed E-state index contributed by atoms with van der Waals surface area (Å²) in [6.07, 6.45) is 1.76. The Kier molecular flexibility index (Phi) is 7.22. The van der Waals surface area contributed by atoms with Crippen molar-refractivity contribution in [1.82, 2.24) is 10.2 Å². The van der Waals surface area contributed by atoms with E-state index in [1.165, 1.54) is 11.1 Å². The highest BCUT2D eigenvalue weighted by atomic mass is 16.5. The van der Waals surface area contributed by atoms with E-state index in [1.807, 2.05) is 24.3 Å². The van der Waals surface area contributed by atoms with E-state index < -0.39 is 12.2 Å². The predicted molar refractivity (Wildman–Crippen MR) is 119 cm³/mol. The standard InChI is InChI=1S/C25H32N2O4/c1-30-21-8-6-18(7-9-21)16-26-25(29)24-23(28)11-10-22(31-24)13-15-27-14-12-19-4-2-3-5-20(19)17-27/h2-9,22-24,28H,10-17H2,1H3,(H,26,29). The van der Waals surface area contributed by atoms with Crippen molar-refractivity contribution in [2.75, 3.05) is 20.2 Å². The Labute approximate surface area is 184 Å². The number of rotatable bonds is 7. The Balaban J connectivity index is 1.25. The number of nitrogens with zero attached hydrogens (tertiary/aromatic N) is 1. The lowest BCUT2D eigenvalue weighted by Crippen LogP contribution is -2.49. The maximum atomic E-state index is 12.7. The Morgan fingerprint density at radius 2 is 1.94 bits per heavy atom. The maximum Gasteiger partial charge on any atom is 0.252 e. The minimum absolute atomic E-state index is 0.00249. The van der Waals surface area contributed by atoms with Crippen molar-refractivity contribution in [2.45, 2.75) is 57.1 Å². The van der Waals surface area contributed by atoms with Crippen molar-refractivity contribution >= 4 is 5.91 Å². The third-order valence-corrected chi connectivity index (χ3v) is 6.33. The second-order valence-electron chi connectivity index (χ2n) is 8.47. The minimum Gasteiger partial charge on any atom is -0.497 e. The molecule has 0 radical (unpaired) electrons. The normalized spacial score (nSPS) is 23.7. The number of fused-ring (bicyclic) bond motifs is 1. The zero-order valence-corrected chi connectivity index (χ0v) is 18.1.